The molecule has 7 nitrogen and oxygen atoms in total. The summed E-state index contributed by atoms with van der Waals surface area (Å²) in [6, 6.07) is 11.7. The van der Waals surface area contributed by atoms with Gasteiger partial charge in [0.25, 0.3) is 0 Å². The van der Waals surface area contributed by atoms with E-state index in [0.717, 1.165) is 43.0 Å². The third-order valence-corrected chi connectivity index (χ3v) is 5.29. The van der Waals surface area contributed by atoms with Crippen molar-refractivity contribution in [2.75, 3.05) is 55.1 Å². The van der Waals surface area contributed by atoms with Gasteiger partial charge in [-0.2, -0.15) is 0 Å². The van der Waals surface area contributed by atoms with Crippen LogP contribution in [0.4, 0.5) is 0 Å². The Labute approximate surface area is 197 Å². The maximum Gasteiger partial charge on any atom is 0.223 e. The normalized spacial score (nSPS) is 11.0. The van der Waals surface area contributed by atoms with E-state index in [9.17, 15) is 4.79 Å². The number of methoxy groups -OCH3 is 4. The summed E-state index contributed by atoms with van der Waals surface area (Å²) in [6.07, 6.45) is 5.91. The molecule has 0 aromatic heterocycles. The third-order valence-electron chi connectivity index (χ3n) is 5.29. The highest BCUT2D eigenvalue weighted by Crippen LogP contribution is 2.28. The minimum absolute atomic E-state index is 0.0136. The van der Waals surface area contributed by atoms with E-state index in [0.29, 0.717) is 24.5 Å². The van der Waals surface area contributed by atoms with Gasteiger partial charge >= 0.3 is 0 Å². The highest BCUT2D eigenvalue weighted by Gasteiger charge is 2.06. The monoisotopic (exact) mass is 456 g/mol. The lowest BCUT2D eigenvalue weighted by Crippen LogP contribution is -2.28. The number of rotatable bonds is 14. The van der Waals surface area contributed by atoms with Crippen LogP contribution in [0.15, 0.2) is 42.5 Å². The van der Waals surface area contributed by atoms with E-state index < -0.39 is 0 Å². The molecule has 0 saturated heterocycles. The number of amides is 1. The Morgan fingerprint density at radius 3 is 2.18 bits per heavy atom. The minimum Gasteiger partial charge on any atom is -0.493 e. The zero-order chi connectivity index (χ0) is 24.1. The first-order valence-corrected chi connectivity index (χ1v) is 11.1. The van der Waals surface area contributed by atoms with Crippen molar-refractivity contribution in [2.45, 2.75) is 19.3 Å². The number of carbonyl (C=O) groups excluding carboxylic acids is 1. The molecule has 0 aliphatic heterocycles. The molecule has 1 N–H and O–H groups in total. The van der Waals surface area contributed by atoms with Gasteiger partial charge in [-0.15, -0.1) is 0 Å². The van der Waals surface area contributed by atoms with E-state index in [-0.39, 0.29) is 5.91 Å². The van der Waals surface area contributed by atoms with Gasteiger partial charge in [0.15, 0.2) is 23.0 Å². The number of likely N-dealkylation sites (N-methyl/N-ethyl adjacent to an activating group) is 1. The smallest absolute Gasteiger partial charge is 0.223 e. The molecule has 33 heavy (non-hydrogen) atoms. The van der Waals surface area contributed by atoms with Crippen molar-refractivity contribution in [3.8, 4) is 23.0 Å². The molecule has 0 unspecified atom stereocenters. The lowest BCUT2D eigenvalue weighted by molar-refractivity contribution is -0.120. The van der Waals surface area contributed by atoms with Crippen LogP contribution in [0.25, 0.3) is 6.08 Å². The third kappa shape index (κ3) is 8.69. The second kappa shape index (κ2) is 14.1. The number of nitrogens with zero attached hydrogens (tertiary/aromatic N) is 1. The van der Waals surface area contributed by atoms with Gasteiger partial charge in [0, 0.05) is 19.5 Å². The summed E-state index contributed by atoms with van der Waals surface area (Å²) in [5, 5.41) is 2.97. The van der Waals surface area contributed by atoms with Crippen molar-refractivity contribution in [3.63, 3.8) is 0 Å². The average Bonchev–Trinajstić information content (AvgIpc) is 2.84. The van der Waals surface area contributed by atoms with Crippen LogP contribution in [0.5, 0.6) is 23.0 Å². The van der Waals surface area contributed by atoms with E-state index in [4.69, 9.17) is 18.9 Å². The molecule has 7 heteroatoms. The van der Waals surface area contributed by atoms with Crippen LogP contribution >= 0.6 is 0 Å². The quantitative estimate of drug-likeness (QED) is 0.436. The van der Waals surface area contributed by atoms with Crippen LogP contribution in [0.2, 0.25) is 0 Å². The molecule has 2 rings (SSSR count). The minimum atomic E-state index is 0.0136. The zero-order valence-corrected chi connectivity index (χ0v) is 20.3. The summed E-state index contributed by atoms with van der Waals surface area (Å²) in [7, 11) is 8.58. The van der Waals surface area contributed by atoms with Crippen LogP contribution in [0.1, 0.15) is 24.0 Å². The van der Waals surface area contributed by atoms with Gasteiger partial charge in [0.05, 0.1) is 28.4 Å². The van der Waals surface area contributed by atoms with Crippen molar-refractivity contribution in [3.05, 3.63) is 53.6 Å². The Bertz CT molecular complexity index is 914. The van der Waals surface area contributed by atoms with E-state index in [1.54, 1.807) is 28.4 Å². The number of hydrogen-bond acceptors (Lipinski definition) is 6. The molecule has 180 valence electrons. The van der Waals surface area contributed by atoms with Gasteiger partial charge in [0.1, 0.15) is 0 Å². The first-order chi connectivity index (χ1) is 16.0. The van der Waals surface area contributed by atoms with E-state index in [1.165, 1.54) is 5.56 Å². The van der Waals surface area contributed by atoms with Gasteiger partial charge in [-0.3, -0.25) is 4.79 Å². The number of benzene rings is 2. The number of ether oxygens (including phenoxy) is 4. The van der Waals surface area contributed by atoms with Crippen molar-refractivity contribution < 1.29 is 23.7 Å². The van der Waals surface area contributed by atoms with Crippen molar-refractivity contribution >= 4 is 12.0 Å². The number of carbonyl (C=O) groups is 1. The molecule has 0 aliphatic rings. The van der Waals surface area contributed by atoms with Gasteiger partial charge in [-0.1, -0.05) is 24.3 Å². The molecule has 0 aliphatic carbocycles. The summed E-state index contributed by atoms with van der Waals surface area (Å²) in [6.45, 7) is 2.50. The summed E-state index contributed by atoms with van der Waals surface area (Å²) in [5.74, 6) is 2.85. The van der Waals surface area contributed by atoms with Crippen molar-refractivity contribution in [1.82, 2.24) is 10.2 Å². The summed E-state index contributed by atoms with van der Waals surface area (Å²) >= 11 is 0. The Kier molecular flexibility index (Phi) is 11.1. The van der Waals surface area contributed by atoms with Crippen LogP contribution < -0.4 is 24.3 Å². The maximum atomic E-state index is 12.1. The molecule has 2 aromatic rings. The Hall–Kier alpha value is -3.19. The fourth-order valence-corrected chi connectivity index (χ4v) is 3.38. The predicted molar refractivity (Wildman–Crippen MR) is 132 cm³/mol. The lowest BCUT2D eigenvalue weighted by Gasteiger charge is -2.17. The molecular weight excluding hydrogens is 420 g/mol. The zero-order valence-electron chi connectivity index (χ0n) is 20.3. The first-order valence-electron chi connectivity index (χ1n) is 11.1. The highest BCUT2D eigenvalue weighted by molar-refractivity contribution is 5.78. The van der Waals surface area contributed by atoms with Crippen molar-refractivity contribution in [2.24, 2.45) is 0 Å². The fourth-order valence-electron chi connectivity index (χ4n) is 3.38. The number of hydrogen-bond donors (Lipinski definition) is 1. The van der Waals surface area contributed by atoms with E-state index in [2.05, 4.69) is 23.3 Å². The SMILES string of the molecule is COc1ccc(C=CCC(=O)NCCCN(C)CCc2ccc(OC)c(OC)c2)cc1OC. The van der Waals surface area contributed by atoms with E-state index in [1.807, 2.05) is 42.5 Å². The molecule has 0 bridgehead atoms. The summed E-state index contributed by atoms with van der Waals surface area (Å²) in [4.78, 5) is 14.3. The second-order valence-electron chi connectivity index (χ2n) is 7.67. The topological polar surface area (TPSA) is 69.3 Å². The van der Waals surface area contributed by atoms with Gasteiger partial charge in [0.2, 0.25) is 5.91 Å². The Morgan fingerprint density at radius 2 is 1.52 bits per heavy atom. The molecule has 0 fully saturated rings. The Morgan fingerprint density at radius 1 is 0.879 bits per heavy atom. The standard InChI is InChI=1S/C26H36N2O5/c1-28(17-14-21-11-13-23(31-3)25(19-21)33-5)16-7-15-27-26(29)9-6-8-20-10-12-22(30-2)24(18-20)32-4/h6,8,10-13,18-19H,7,9,14-17H2,1-5H3,(H,27,29). The Balaban J connectivity index is 1.65. The average molecular weight is 457 g/mol. The highest BCUT2D eigenvalue weighted by atomic mass is 16.5. The maximum absolute atomic E-state index is 12.1. The molecule has 0 heterocycles. The van der Waals surface area contributed by atoms with Crippen molar-refractivity contribution in [1.29, 1.82) is 0 Å². The van der Waals surface area contributed by atoms with Crippen LogP contribution in [0.3, 0.4) is 0 Å². The molecule has 0 spiro atoms. The largest absolute Gasteiger partial charge is 0.493 e. The summed E-state index contributed by atoms with van der Waals surface area (Å²) in [5.41, 5.74) is 2.16. The molecular formula is C26H36N2O5. The molecule has 1 amide bonds. The number of nitrogens with one attached hydrogen (secondary N) is 1. The lowest BCUT2D eigenvalue weighted by atomic mass is 10.1. The molecule has 0 radical (unpaired) electrons. The molecule has 0 atom stereocenters. The first kappa shape index (κ1) is 26.1. The molecule has 0 saturated carbocycles. The van der Waals surface area contributed by atoms with Gasteiger partial charge in [-0.25, -0.2) is 0 Å². The van der Waals surface area contributed by atoms with Gasteiger partial charge < -0.3 is 29.2 Å². The molecule has 2 aromatic carbocycles. The van der Waals surface area contributed by atoms with Gasteiger partial charge in [-0.05, 0) is 61.8 Å². The van der Waals surface area contributed by atoms with E-state index >= 15 is 0 Å². The second-order valence-corrected chi connectivity index (χ2v) is 7.67. The van der Waals surface area contributed by atoms with Crippen LogP contribution in [-0.4, -0.2) is 65.9 Å². The van der Waals surface area contributed by atoms with Crippen LogP contribution in [-0.2, 0) is 11.2 Å². The van der Waals surface area contributed by atoms with Crippen LogP contribution in [0, 0.1) is 0 Å². The fraction of sp³-hybridized carbons (Fsp3) is 0.423. The summed E-state index contributed by atoms with van der Waals surface area (Å²) < 4.78 is 21.2. The predicted octanol–water partition coefficient (Wildman–Crippen LogP) is 3.81.